The Kier molecular flexibility index (Phi) is 3.59. The average Bonchev–Trinajstić information content (AvgIpc) is 3.00. The first-order valence-corrected chi connectivity index (χ1v) is 7.70. The van der Waals surface area contributed by atoms with Crippen LogP contribution in [0.25, 0.3) is 0 Å². The summed E-state index contributed by atoms with van der Waals surface area (Å²) >= 11 is 1.99. The number of ether oxygens (including phenoxy) is 1. The van der Waals surface area contributed by atoms with Crippen molar-refractivity contribution in [3.05, 3.63) is 11.9 Å². The zero-order valence-electron chi connectivity index (χ0n) is 10.4. The van der Waals surface area contributed by atoms with E-state index in [0.29, 0.717) is 12.5 Å². The molecule has 0 radical (unpaired) electrons. The second kappa shape index (κ2) is 5.19. The van der Waals surface area contributed by atoms with Crippen LogP contribution in [0.3, 0.4) is 0 Å². The molecule has 1 aromatic heterocycles. The van der Waals surface area contributed by atoms with Crippen LogP contribution in [-0.4, -0.2) is 50.4 Å². The summed E-state index contributed by atoms with van der Waals surface area (Å²) in [6.45, 7) is 0.952. The molecule has 1 spiro atoms. The lowest BCUT2D eigenvalue weighted by Gasteiger charge is -2.37. The Balaban J connectivity index is 1.71. The highest BCUT2D eigenvalue weighted by molar-refractivity contribution is 7.99. The summed E-state index contributed by atoms with van der Waals surface area (Å²) in [5.41, 5.74) is 0.954. The SMILES string of the molecule is OCCc1cn(C2CCOC3(CCSC3)C2)nn1. The molecule has 3 rings (SSSR count). The smallest absolute Gasteiger partial charge is 0.0850 e. The van der Waals surface area contributed by atoms with Gasteiger partial charge in [-0.25, -0.2) is 4.68 Å². The molecular formula is C12H19N3O2S. The van der Waals surface area contributed by atoms with Crippen LogP contribution >= 0.6 is 11.8 Å². The third-order valence-corrected chi connectivity index (χ3v) is 5.06. The zero-order valence-corrected chi connectivity index (χ0v) is 11.2. The maximum Gasteiger partial charge on any atom is 0.0850 e. The van der Waals surface area contributed by atoms with Crippen molar-refractivity contribution in [1.29, 1.82) is 0 Å². The first kappa shape index (κ1) is 12.4. The summed E-state index contributed by atoms with van der Waals surface area (Å²) in [6, 6.07) is 0.400. The van der Waals surface area contributed by atoms with Crippen LogP contribution in [0.5, 0.6) is 0 Å². The van der Waals surface area contributed by atoms with Gasteiger partial charge in [-0.2, -0.15) is 11.8 Å². The van der Waals surface area contributed by atoms with Crippen LogP contribution in [0.4, 0.5) is 0 Å². The van der Waals surface area contributed by atoms with Crippen molar-refractivity contribution in [2.24, 2.45) is 0 Å². The van der Waals surface area contributed by atoms with Gasteiger partial charge in [0, 0.05) is 31.6 Å². The maximum absolute atomic E-state index is 8.91. The Labute approximate surface area is 111 Å². The average molecular weight is 269 g/mol. The Morgan fingerprint density at radius 1 is 1.61 bits per heavy atom. The van der Waals surface area contributed by atoms with Crippen LogP contribution in [0, 0.1) is 0 Å². The predicted molar refractivity (Wildman–Crippen MR) is 69.7 cm³/mol. The minimum absolute atomic E-state index is 0.0800. The Morgan fingerprint density at radius 3 is 3.33 bits per heavy atom. The summed E-state index contributed by atoms with van der Waals surface area (Å²) < 4.78 is 7.98. The first-order valence-electron chi connectivity index (χ1n) is 6.55. The third kappa shape index (κ3) is 2.41. The van der Waals surface area contributed by atoms with Crippen molar-refractivity contribution < 1.29 is 9.84 Å². The summed E-state index contributed by atoms with van der Waals surface area (Å²) in [5, 5.41) is 17.2. The molecule has 100 valence electrons. The van der Waals surface area contributed by atoms with E-state index in [1.807, 2.05) is 22.6 Å². The molecule has 5 nitrogen and oxygen atoms in total. The van der Waals surface area contributed by atoms with Gasteiger partial charge in [0.1, 0.15) is 0 Å². The second-order valence-corrected chi connectivity index (χ2v) is 6.25. The van der Waals surface area contributed by atoms with Gasteiger partial charge in [0.25, 0.3) is 0 Å². The van der Waals surface area contributed by atoms with Gasteiger partial charge in [0.15, 0.2) is 0 Å². The Morgan fingerprint density at radius 2 is 2.56 bits per heavy atom. The third-order valence-electron chi connectivity index (χ3n) is 3.83. The second-order valence-electron chi connectivity index (χ2n) is 5.14. The number of aromatic nitrogens is 3. The molecule has 1 N–H and O–H groups in total. The summed E-state index contributed by atoms with van der Waals surface area (Å²) in [5.74, 6) is 2.32. The topological polar surface area (TPSA) is 60.2 Å². The molecule has 0 aliphatic carbocycles. The van der Waals surface area contributed by atoms with Gasteiger partial charge >= 0.3 is 0 Å². The number of rotatable bonds is 3. The summed E-state index contributed by atoms with van der Waals surface area (Å²) in [7, 11) is 0. The Bertz CT molecular complexity index is 404. The minimum Gasteiger partial charge on any atom is -0.396 e. The molecule has 2 unspecified atom stereocenters. The number of hydrogen-bond donors (Lipinski definition) is 1. The fourth-order valence-electron chi connectivity index (χ4n) is 2.81. The van der Waals surface area contributed by atoms with Crippen molar-refractivity contribution in [2.75, 3.05) is 24.7 Å². The van der Waals surface area contributed by atoms with E-state index in [-0.39, 0.29) is 12.2 Å². The van der Waals surface area contributed by atoms with E-state index in [1.165, 1.54) is 5.75 Å². The van der Waals surface area contributed by atoms with Crippen LogP contribution in [0.15, 0.2) is 6.20 Å². The van der Waals surface area contributed by atoms with Crippen LogP contribution < -0.4 is 0 Å². The van der Waals surface area contributed by atoms with Gasteiger partial charge in [-0.1, -0.05) is 5.21 Å². The van der Waals surface area contributed by atoms with Gasteiger partial charge in [-0.3, -0.25) is 0 Å². The highest BCUT2D eigenvalue weighted by atomic mass is 32.2. The number of nitrogens with zero attached hydrogens (tertiary/aromatic N) is 3. The number of thioether (sulfide) groups is 1. The van der Waals surface area contributed by atoms with E-state index in [9.17, 15) is 0 Å². The van der Waals surface area contributed by atoms with Gasteiger partial charge < -0.3 is 9.84 Å². The summed E-state index contributed by atoms with van der Waals surface area (Å²) in [4.78, 5) is 0. The van der Waals surface area contributed by atoms with Crippen molar-refractivity contribution in [2.45, 2.75) is 37.3 Å². The summed E-state index contributed by atoms with van der Waals surface area (Å²) in [6.07, 6.45) is 5.77. The minimum atomic E-state index is 0.0800. The highest BCUT2D eigenvalue weighted by Crippen LogP contribution is 2.41. The molecular weight excluding hydrogens is 250 g/mol. The lowest BCUT2D eigenvalue weighted by molar-refractivity contribution is -0.0780. The highest BCUT2D eigenvalue weighted by Gasteiger charge is 2.41. The normalized spacial score (nSPS) is 32.2. The molecule has 3 heterocycles. The molecule has 2 aliphatic heterocycles. The quantitative estimate of drug-likeness (QED) is 0.888. The van der Waals surface area contributed by atoms with Crippen molar-refractivity contribution >= 4 is 11.8 Å². The molecule has 18 heavy (non-hydrogen) atoms. The molecule has 1 aromatic rings. The largest absolute Gasteiger partial charge is 0.396 e. The molecule has 6 heteroatoms. The van der Waals surface area contributed by atoms with Crippen LogP contribution in [-0.2, 0) is 11.2 Å². The van der Waals surface area contributed by atoms with Gasteiger partial charge in [-0.15, -0.1) is 5.10 Å². The lowest BCUT2D eigenvalue weighted by atomic mass is 9.90. The fourth-order valence-corrected chi connectivity index (χ4v) is 4.19. The molecule has 0 amide bonds. The molecule has 0 bridgehead atoms. The monoisotopic (exact) mass is 269 g/mol. The zero-order chi connectivity index (χ0) is 12.4. The van der Waals surface area contributed by atoms with Crippen molar-refractivity contribution in [3.8, 4) is 0 Å². The molecule has 0 saturated carbocycles. The lowest BCUT2D eigenvalue weighted by Crippen LogP contribution is -2.40. The van der Waals surface area contributed by atoms with E-state index >= 15 is 0 Å². The molecule has 2 fully saturated rings. The van der Waals surface area contributed by atoms with Gasteiger partial charge in [-0.05, 0) is 25.0 Å². The van der Waals surface area contributed by atoms with E-state index in [4.69, 9.17) is 9.84 Å². The molecule has 2 aliphatic rings. The fraction of sp³-hybridized carbons (Fsp3) is 0.833. The standard InChI is InChI=1S/C12H19N3O2S/c16-4-1-10-8-15(14-13-10)11-2-5-17-12(7-11)3-6-18-9-12/h8,11,16H,1-7,9H2. The van der Waals surface area contributed by atoms with Crippen LogP contribution in [0.1, 0.15) is 31.0 Å². The van der Waals surface area contributed by atoms with E-state index < -0.39 is 0 Å². The van der Waals surface area contributed by atoms with Crippen molar-refractivity contribution in [3.63, 3.8) is 0 Å². The molecule has 2 saturated heterocycles. The number of aliphatic hydroxyl groups excluding tert-OH is 1. The molecule has 2 atom stereocenters. The number of hydrogen-bond acceptors (Lipinski definition) is 5. The first-order chi connectivity index (χ1) is 8.81. The molecule has 0 aromatic carbocycles. The van der Waals surface area contributed by atoms with E-state index in [0.717, 1.165) is 37.3 Å². The van der Waals surface area contributed by atoms with Gasteiger partial charge in [0.05, 0.1) is 17.3 Å². The Hall–Kier alpha value is -0.590. The van der Waals surface area contributed by atoms with Crippen molar-refractivity contribution in [1.82, 2.24) is 15.0 Å². The van der Waals surface area contributed by atoms with Gasteiger partial charge in [0.2, 0.25) is 0 Å². The predicted octanol–water partition coefficient (Wildman–Crippen LogP) is 1.04. The van der Waals surface area contributed by atoms with E-state index in [2.05, 4.69) is 10.3 Å². The number of aliphatic hydroxyl groups is 1. The maximum atomic E-state index is 8.91. The van der Waals surface area contributed by atoms with Crippen LogP contribution in [0.2, 0.25) is 0 Å². The van der Waals surface area contributed by atoms with E-state index in [1.54, 1.807) is 0 Å².